The normalized spacial score (nSPS) is 13.7. The van der Waals surface area contributed by atoms with E-state index >= 15 is 0 Å². The third-order valence-electron chi connectivity index (χ3n) is 9.22. The van der Waals surface area contributed by atoms with Crippen LogP contribution in [0.3, 0.4) is 0 Å². The molecule has 8 aromatic rings. The summed E-state index contributed by atoms with van der Waals surface area (Å²) in [6, 6.07) is 40.0. The van der Waals surface area contributed by atoms with E-state index in [4.69, 9.17) is 4.98 Å². The van der Waals surface area contributed by atoms with Gasteiger partial charge in [-0.15, -0.1) is 0 Å². The van der Waals surface area contributed by atoms with E-state index in [9.17, 15) is 0 Å². The Morgan fingerprint density at radius 2 is 1.17 bits per heavy atom. The second-order valence-electron chi connectivity index (χ2n) is 11.9. The van der Waals surface area contributed by atoms with Crippen molar-refractivity contribution in [3.05, 3.63) is 139 Å². The summed E-state index contributed by atoms with van der Waals surface area (Å²) in [5.74, 6) is 0.710. The molecule has 0 spiro atoms. The van der Waals surface area contributed by atoms with Gasteiger partial charge in [0.15, 0.2) is 0 Å². The highest BCUT2D eigenvalue weighted by atomic mass is 15.1. The Kier molecular flexibility index (Phi) is 4.67. The smallest absolute Gasteiger partial charge is 0.234 e. The molecule has 0 N–H and O–H groups in total. The Balaban J connectivity index is 1.31. The van der Waals surface area contributed by atoms with Crippen molar-refractivity contribution in [3.8, 4) is 33.5 Å². The van der Waals surface area contributed by atoms with Crippen LogP contribution in [0.25, 0.3) is 71.6 Å². The van der Waals surface area contributed by atoms with Crippen molar-refractivity contribution in [2.45, 2.75) is 19.3 Å². The number of hydrogen-bond donors (Lipinski definition) is 0. The molecular weight excluding hydrogens is 510 g/mol. The zero-order valence-electron chi connectivity index (χ0n) is 23.5. The fraction of sp³-hybridized carbons (Fsp3) is 0.0769. The molecule has 1 aliphatic rings. The highest BCUT2D eigenvalue weighted by Gasteiger charge is 2.40. The lowest BCUT2D eigenvalue weighted by atomic mass is 9.77. The molecule has 2 aromatic heterocycles. The van der Waals surface area contributed by atoms with Crippen molar-refractivity contribution in [2.75, 3.05) is 0 Å². The van der Waals surface area contributed by atoms with E-state index in [0.29, 0.717) is 5.78 Å². The Hall–Kier alpha value is -5.28. The monoisotopic (exact) mass is 537 g/mol. The molecule has 0 amide bonds. The van der Waals surface area contributed by atoms with Crippen LogP contribution >= 0.6 is 0 Å². The lowest BCUT2D eigenvalue weighted by molar-refractivity contribution is 0.672. The van der Waals surface area contributed by atoms with Gasteiger partial charge in [-0.3, -0.25) is 4.40 Å². The minimum atomic E-state index is -0.145. The van der Waals surface area contributed by atoms with Crippen LogP contribution in [0.5, 0.6) is 0 Å². The summed E-state index contributed by atoms with van der Waals surface area (Å²) in [7, 11) is 0. The molecule has 0 unspecified atom stereocenters. The van der Waals surface area contributed by atoms with Crippen LogP contribution in [-0.4, -0.2) is 14.4 Å². The van der Waals surface area contributed by atoms with Crippen molar-refractivity contribution in [2.24, 2.45) is 0 Å². The largest absolute Gasteiger partial charge is 0.291 e. The SMILES string of the molecule is CC1(C)c2c(cc(-c3ccc(-c4cn5cccnc5n4)cc3)c3ccccc23)-c2c1c1ccccc1c1ccccc21. The van der Waals surface area contributed by atoms with E-state index in [1.54, 1.807) is 6.20 Å². The van der Waals surface area contributed by atoms with E-state index in [2.05, 4.69) is 122 Å². The summed E-state index contributed by atoms with van der Waals surface area (Å²) in [6.45, 7) is 4.81. The first-order chi connectivity index (χ1) is 20.6. The van der Waals surface area contributed by atoms with Crippen LogP contribution in [0.2, 0.25) is 0 Å². The van der Waals surface area contributed by atoms with Crippen LogP contribution < -0.4 is 0 Å². The lowest BCUT2D eigenvalue weighted by Gasteiger charge is -2.25. The predicted octanol–water partition coefficient (Wildman–Crippen LogP) is 9.83. The number of aromatic nitrogens is 3. The van der Waals surface area contributed by atoms with Gasteiger partial charge in [0.1, 0.15) is 0 Å². The van der Waals surface area contributed by atoms with Gasteiger partial charge in [0, 0.05) is 29.6 Å². The lowest BCUT2D eigenvalue weighted by Crippen LogP contribution is -2.16. The van der Waals surface area contributed by atoms with Crippen molar-refractivity contribution in [1.82, 2.24) is 14.4 Å². The second kappa shape index (κ2) is 8.37. The zero-order chi connectivity index (χ0) is 28.0. The second-order valence-corrected chi connectivity index (χ2v) is 11.9. The van der Waals surface area contributed by atoms with Gasteiger partial charge >= 0.3 is 0 Å². The summed E-state index contributed by atoms with van der Waals surface area (Å²) in [6.07, 6.45) is 5.80. The summed E-state index contributed by atoms with van der Waals surface area (Å²) < 4.78 is 1.96. The van der Waals surface area contributed by atoms with Crippen LogP contribution in [0.4, 0.5) is 0 Å². The van der Waals surface area contributed by atoms with E-state index < -0.39 is 0 Å². The maximum absolute atomic E-state index is 4.73. The van der Waals surface area contributed by atoms with Gasteiger partial charge in [-0.05, 0) is 77.8 Å². The highest BCUT2D eigenvalue weighted by Crippen LogP contribution is 2.57. The summed E-state index contributed by atoms with van der Waals surface area (Å²) in [4.78, 5) is 9.11. The molecule has 0 fully saturated rings. The van der Waals surface area contributed by atoms with Gasteiger partial charge in [-0.2, -0.15) is 0 Å². The Morgan fingerprint density at radius 1 is 0.571 bits per heavy atom. The highest BCUT2D eigenvalue weighted by molar-refractivity contribution is 6.20. The molecular formula is C39H27N3. The fourth-order valence-electron chi connectivity index (χ4n) is 7.47. The maximum atomic E-state index is 4.73. The average Bonchev–Trinajstić information content (AvgIpc) is 3.58. The number of rotatable bonds is 2. The van der Waals surface area contributed by atoms with Gasteiger partial charge in [0.25, 0.3) is 0 Å². The van der Waals surface area contributed by atoms with Gasteiger partial charge in [-0.1, -0.05) is 111 Å². The van der Waals surface area contributed by atoms with E-state index in [1.165, 1.54) is 65.7 Å². The third kappa shape index (κ3) is 3.11. The molecule has 9 rings (SSSR count). The zero-order valence-corrected chi connectivity index (χ0v) is 23.5. The third-order valence-corrected chi connectivity index (χ3v) is 9.22. The van der Waals surface area contributed by atoms with Crippen LogP contribution in [0.1, 0.15) is 25.0 Å². The van der Waals surface area contributed by atoms with Gasteiger partial charge in [-0.25, -0.2) is 9.97 Å². The van der Waals surface area contributed by atoms with Gasteiger partial charge in [0.2, 0.25) is 5.78 Å². The number of benzene rings is 6. The molecule has 0 radical (unpaired) electrons. The van der Waals surface area contributed by atoms with Crippen LogP contribution in [-0.2, 0) is 5.41 Å². The number of imidazole rings is 1. The number of fused-ring (bicyclic) bond motifs is 11. The van der Waals surface area contributed by atoms with Crippen molar-refractivity contribution in [3.63, 3.8) is 0 Å². The molecule has 0 saturated carbocycles. The van der Waals surface area contributed by atoms with Crippen molar-refractivity contribution in [1.29, 1.82) is 0 Å². The van der Waals surface area contributed by atoms with Gasteiger partial charge in [0.05, 0.1) is 5.69 Å². The van der Waals surface area contributed by atoms with Crippen molar-refractivity contribution >= 4 is 38.1 Å². The first kappa shape index (κ1) is 23.4. The molecule has 0 bridgehead atoms. The minimum Gasteiger partial charge on any atom is -0.291 e. The summed E-state index contributed by atoms with van der Waals surface area (Å²) in [5, 5.41) is 7.94. The summed E-state index contributed by atoms with van der Waals surface area (Å²) in [5.41, 5.74) is 9.91. The first-order valence-electron chi connectivity index (χ1n) is 14.5. The Bertz CT molecular complexity index is 2340. The Morgan fingerprint density at radius 3 is 1.88 bits per heavy atom. The molecule has 3 heteroatoms. The topological polar surface area (TPSA) is 30.2 Å². The molecule has 2 heterocycles. The van der Waals surface area contributed by atoms with E-state index in [1.807, 2.05) is 22.9 Å². The number of hydrogen-bond acceptors (Lipinski definition) is 2. The molecule has 0 aliphatic heterocycles. The molecule has 3 nitrogen and oxygen atoms in total. The molecule has 1 aliphatic carbocycles. The molecule has 42 heavy (non-hydrogen) atoms. The average molecular weight is 538 g/mol. The standard InChI is InChI=1S/C39H27N3/c1-39(2)36-30-14-7-5-12-28(30)32(24-16-18-25(19-17-24)34-23-42-21-9-20-40-38(42)41-34)22-33(36)35-29-13-6-3-10-26(29)27-11-4-8-15-31(27)37(35)39/h3-23H,1-2H3. The predicted molar refractivity (Wildman–Crippen MR) is 174 cm³/mol. The van der Waals surface area contributed by atoms with E-state index in [-0.39, 0.29) is 5.41 Å². The Labute approximate surface area is 243 Å². The maximum Gasteiger partial charge on any atom is 0.234 e. The van der Waals surface area contributed by atoms with Crippen LogP contribution in [0.15, 0.2) is 128 Å². The van der Waals surface area contributed by atoms with Crippen molar-refractivity contribution < 1.29 is 0 Å². The fourth-order valence-corrected chi connectivity index (χ4v) is 7.47. The first-order valence-corrected chi connectivity index (χ1v) is 14.5. The van der Waals surface area contributed by atoms with E-state index in [0.717, 1.165) is 11.3 Å². The molecule has 6 aromatic carbocycles. The summed E-state index contributed by atoms with van der Waals surface area (Å²) >= 11 is 0. The number of nitrogens with zero attached hydrogens (tertiary/aromatic N) is 3. The van der Waals surface area contributed by atoms with Gasteiger partial charge < -0.3 is 0 Å². The molecule has 0 saturated heterocycles. The quantitative estimate of drug-likeness (QED) is 0.205. The minimum absolute atomic E-state index is 0.145. The molecule has 0 atom stereocenters. The molecule has 198 valence electrons. The van der Waals surface area contributed by atoms with Crippen LogP contribution in [0, 0.1) is 0 Å².